The molecule has 2 atom stereocenters. The average molecular weight is 290 g/mol. The molecule has 9 heavy (non-hydrogen) atoms. The molecule has 0 aromatic heterocycles. The van der Waals surface area contributed by atoms with Crippen molar-refractivity contribution < 1.29 is 31.2 Å². The van der Waals surface area contributed by atoms with Gasteiger partial charge in [-0.15, -0.1) is 24.8 Å². The Labute approximate surface area is 79.0 Å². The van der Waals surface area contributed by atoms with Crippen LogP contribution in [0.25, 0.3) is 0 Å². The van der Waals surface area contributed by atoms with Gasteiger partial charge in [-0.25, -0.2) is 0 Å². The summed E-state index contributed by atoms with van der Waals surface area (Å²) in [5.41, 5.74) is 0. The standard InChI is InChI=1S/2CH3OP.2ClH.Zr/c2*1-3-2;;;/h2*1H3;2*1H;/q;;;;-2/p+2. The minimum Gasteiger partial charge on any atom is -0.147 e. The Balaban J connectivity index is -0.000000180. The first kappa shape index (κ1) is 17.1. The summed E-state index contributed by atoms with van der Waals surface area (Å²) >= 11 is -0.869. The zero-order chi connectivity index (χ0) is 5.86. The van der Waals surface area contributed by atoms with Crippen LogP contribution in [-0.4, -0.2) is 13.3 Å². The molecule has 2 nitrogen and oxygen atoms in total. The van der Waals surface area contributed by atoms with Gasteiger partial charge in [0, 0.05) is 0 Å². The third kappa shape index (κ3) is 17.8. The molecule has 58 valence electrons. The van der Waals surface area contributed by atoms with Crippen molar-refractivity contribution in [3.05, 3.63) is 0 Å². The van der Waals surface area contributed by atoms with Crippen molar-refractivity contribution in [2.45, 2.75) is 0 Å². The Morgan fingerprint density at radius 2 is 1.22 bits per heavy atom. The molecule has 0 rings (SSSR count). The zero-order valence-corrected chi connectivity index (χ0v) is 11.2. The van der Waals surface area contributed by atoms with Crippen molar-refractivity contribution in [1.82, 2.24) is 0 Å². The molecule has 0 aromatic rings. The van der Waals surface area contributed by atoms with Crippen LogP contribution in [0.3, 0.4) is 0 Å². The van der Waals surface area contributed by atoms with E-state index in [2.05, 4.69) is 0 Å². The maximum atomic E-state index is 10.3. The molecule has 0 spiro atoms. The Morgan fingerprint density at radius 3 is 1.22 bits per heavy atom. The van der Waals surface area contributed by atoms with E-state index < -0.39 is 32.3 Å². The van der Waals surface area contributed by atoms with E-state index in [0.717, 1.165) is 0 Å². The van der Waals surface area contributed by atoms with Crippen molar-refractivity contribution in [2.75, 3.05) is 13.3 Å². The number of halogens is 2. The number of rotatable bonds is 2. The molecule has 0 aliphatic rings. The maximum absolute atomic E-state index is 10.3. The van der Waals surface area contributed by atoms with Gasteiger partial charge < -0.3 is 0 Å². The first-order valence-corrected chi connectivity index (χ1v) is 13.1. The van der Waals surface area contributed by atoms with Crippen molar-refractivity contribution in [1.29, 1.82) is 0 Å². The van der Waals surface area contributed by atoms with Crippen LogP contribution in [0, 0.1) is 0 Å². The van der Waals surface area contributed by atoms with Crippen LogP contribution in [0.4, 0.5) is 0 Å². The second kappa shape index (κ2) is 9.92. The summed E-state index contributed by atoms with van der Waals surface area (Å²) in [5, 5.41) is -2.56. The fourth-order valence-corrected chi connectivity index (χ4v) is 13.2. The van der Waals surface area contributed by atoms with Crippen molar-refractivity contribution in [2.24, 2.45) is 0 Å². The first-order valence-electron chi connectivity index (χ1n) is 1.91. The van der Waals surface area contributed by atoms with Gasteiger partial charge in [-0.05, 0) is 0 Å². The molecular formula is C2H10Cl2O2P2Zr. The smallest absolute Gasteiger partial charge is 0.147 e. The van der Waals surface area contributed by atoms with E-state index in [9.17, 15) is 9.13 Å². The van der Waals surface area contributed by atoms with Gasteiger partial charge in [0.05, 0.1) is 0 Å². The van der Waals surface area contributed by atoms with Crippen LogP contribution in [0.1, 0.15) is 0 Å². The summed E-state index contributed by atoms with van der Waals surface area (Å²) < 4.78 is 20.7. The van der Waals surface area contributed by atoms with E-state index in [1.54, 1.807) is 13.3 Å². The van der Waals surface area contributed by atoms with Crippen LogP contribution in [0.5, 0.6) is 0 Å². The van der Waals surface area contributed by atoms with Gasteiger partial charge in [0.2, 0.25) is 0 Å². The molecule has 0 aliphatic heterocycles. The van der Waals surface area contributed by atoms with E-state index in [1.807, 2.05) is 0 Å². The summed E-state index contributed by atoms with van der Waals surface area (Å²) in [5.74, 6) is 0. The molecule has 0 aliphatic carbocycles. The normalized spacial score (nSPS) is 14.0. The fraction of sp³-hybridized carbons (Fsp3) is 1.00. The summed E-state index contributed by atoms with van der Waals surface area (Å²) in [4.78, 5) is 0. The molecule has 7 heteroatoms. The van der Waals surface area contributed by atoms with Gasteiger partial charge in [0.1, 0.15) is 0 Å². The van der Waals surface area contributed by atoms with Gasteiger partial charge in [-0.2, -0.15) is 0 Å². The minimum atomic E-state index is -1.28. The SMILES string of the molecule is C[PH](=O)[Zr][PH](C)=O.Cl.Cl. The second-order valence-corrected chi connectivity index (χ2v) is 20.4. The van der Waals surface area contributed by atoms with Gasteiger partial charge in [0.15, 0.2) is 0 Å². The van der Waals surface area contributed by atoms with E-state index in [0.29, 0.717) is 0 Å². The largest absolute Gasteiger partial charge is 0.147 e. The summed E-state index contributed by atoms with van der Waals surface area (Å²) in [6, 6.07) is 0. The Kier molecular flexibility index (Phi) is 18.9. The maximum Gasteiger partial charge on any atom is -0.147 e. The molecule has 0 aromatic carbocycles. The third-order valence-corrected chi connectivity index (χ3v) is 18.7. The predicted octanol–water partition coefficient (Wildman–Crippen LogP) is 2.12. The monoisotopic (exact) mass is 288 g/mol. The molecule has 2 unspecified atom stereocenters. The van der Waals surface area contributed by atoms with Crippen molar-refractivity contribution >= 4 is 35.0 Å². The van der Waals surface area contributed by atoms with Crippen LogP contribution >= 0.6 is 35.0 Å². The third-order valence-electron chi connectivity index (χ3n) is 0.352. The van der Waals surface area contributed by atoms with Crippen LogP contribution in [0.2, 0.25) is 0 Å². The van der Waals surface area contributed by atoms with E-state index in [-0.39, 0.29) is 24.8 Å². The average Bonchev–Trinajstić information content (AvgIpc) is 1.27. The molecule has 0 radical (unpaired) electrons. The quantitative estimate of drug-likeness (QED) is 0.730. The first-order chi connectivity index (χ1) is 3.13. The Morgan fingerprint density at radius 1 is 1.00 bits per heavy atom. The molecule has 0 bridgehead atoms. The fourth-order valence-electron chi connectivity index (χ4n) is 0.248. The van der Waals surface area contributed by atoms with E-state index in [4.69, 9.17) is 0 Å². The number of hydrogen-bond donors (Lipinski definition) is 0. The Bertz CT molecular complexity index is 96.7. The van der Waals surface area contributed by atoms with Crippen LogP contribution in [0.15, 0.2) is 0 Å². The van der Waals surface area contributed by atoms with Crippen LogP contribution < -0.4 is 0 Å². The molecule has 0 saturated heterocycles. The van der Waals surface area contributed by atoms with E-state index >= 15 is 0 Å². The summed E-state index contributed by atoms with van der Waals surface area (Å²) in [7, 11) is 0. The topological polar surface area (TPSA) is 34.1 Å². The molecule has 0 fully saturated rings. The summed E-state index contributed by atoms with van der Waals surface area (Å²) in [6.07, 6.45) is 0. The molecule has 0 N–H and O–H groups in total. The minimum absolute atomic E-state index is 0. The van der Waals surface area contributed by atoms with Crippen molar-refractivity contribution in [3.8, 4) is 0 Å². The van der Waals surface area contributed by atoms with Crippen LogP contribution in [-0.2, 0) is 31.2 Å². The van der Waals surface area contributed by atoms with Gasteiger partial charge in [0.25, 0.3) is 0 Å². The molecular weight excluding hydrogens is 280 g/mol. The predicted molar refractivity (Wildman–Crippen MR) is 44.3 cm³/mol. The van der Waals surface area contributed by atoms with E-state index in [1.165, 1.54) is 0 Å². The molecule has 0 saturated carbocycles. The molecule has 0 heterocycles. The van der Waals surface area contributed by atoms with Crippen molar-refractivity contribution in [3.63, 3.8) is 0 Å². The second-order valence-electron chi connectivity index (χ2n) is 1.24. The Hall–Kier alpha value is 1.92. The number of hydrogen-bond acceptors (Lipinski definition) is 2. The van der Waals surface area contributed by atoms with Gasteiger partial charge in [-0.3, -0.25) is 0 Å². The van der Waals surface area contributed by atoms with Gasteiger partial charge >= 0.3 is 54.7 Å². The zero-order valence-electron chi connectivity index (χ0n) is 5.13. The van der Waals surface area contributed by atoms with Gasteiger partial charge in [-0.1, -0.05) is 0 Å². The molecule has 0 amide bonds. The summed E-state index contributed by atoms with van der Waals surface area (Å²) in [6.45, 7) is 3.42.